The third-order valence-corrected chi connectivity index (χ3v) is 2.01. The highest BCUT2D eigenvalue weighted by Crippen LogP contribution is 2.20. The number of ether oxygens (including phenoxy) is 1. The van der Waals surface area contributed by atoms with Gasteiger partial charge in [0.15, 0.2) is 0 Å². The van der Waals surface area contributed by atoms with Crippen molar-refractivity contribution in [1.29, 1.82) is 0 Å². The summed E-state index contributed by atoms with van der Waals surface area (Å²) in [7, 11) is 1.64. The smallest absolute Gasteiger partial charge is 0.143 e. The highest BCUT2D eigenvalue weighted by atomic mass is 16.5. The molecule has 72 valence electrons. The van der Waals surface area contributed by atoms with Crippen molar-refractivity contribution < 1.29 is 4.74 Å². The fourth-order valence-corrected chi connectivity index (χ4v) is 1.23. The van der Waals surface area contributed by atoms with E-state index >= 15 is 0 Å². The Morgan fingerprint density at radius 2 is 2.21 bits per heavy atom. The molecule has 0 atom stereocenters. The number of tetrazole rings is 1. The third kappa shape index (κ3) is 1.44. The molecule has 0 aliphatic rings. The predicted octanol–water partition coefficient (Wildman–Crippen LogP) is 0.979. The zero-order valence-electron chi connectivity index (χ0n) is 8.01. The molecule has 0 aliphatic carbocycles. The minimum Gasteiger partial charge on any atom is -0.496 e. The Morgan fingerprint density at radius 1 is 1.36 bits per heavy atom. The predicted molar refractivity (Wildman–Crippen MR) is 50.4 cm³/mol. The van der Waals surface area contributed by atoms with E-state index in [1.807, 2.05) is 25.1 Å². The molecule has 0 saturated carbocycles. The molecule has 1 aromatic carbocycles. The van der Waals surface area contributed by atoms with E-state index in [9.17, 15) is 0 Å². The van der Waals surface area contributed by atoms with Crippen LogP contribution in [0.4, 0.5) is 0 Å². The van der Waals surface area contributed by atoms with Crippen LogP contribution in [0.1, 0.15) is 5.56 Å². The lowest BCUT2D eigenvalue weighted by Crippen LogP contribution is -1.96. The van der Waals surface area contributed by atoms with Crippen molar-refractivity contribution in [2.24, 2.45) is 0 Å². The van der Waals surface area contributed by atoms with Gasteiger partial charge >= 0.3 is 0 Å². The molecule has 2 rings (SSSR count). The highest BCUT2D eigenvalue weighted by Gasteiger charge is 2.02. The van der Waals surface area contributed by atoms with Gasteiger partial charge in [-0.15, -0.1) is 5.10 Å². The fourth-order valence-electron chi connectivity index (χ4n) is 1.23. The fraction of sp³-hybridized carbons (Fsp3) is 0.222. The first-order valence-electron chi connectivity index (χ1n) is 4.19. The largest absolute Gasteiger partial charge is 0.496 e. The minimum absolute atomic E-state index is 0.831. The van der Waals surface area contributed by atoms with E-state index in [4.69, 9.17) is 4.74 Å². The van der Waals surface area contributed by atoms with Crippen LogP contribution >= 0.6 is 0 Å². The zero-order valence-corrected chi connectivity index (χ0v) is 8.01. The number of aromatic nitrogens is 4. The van der Waals surface area contributed by atoms with Crippen LogP contribution in [0.5, 0.6) is 5.75 Å². The molecular weight excluding hydrogens is 180 g/mol. The molecule has 1 aromatic heterocycles. The summed E-state index contributed by atoms with van der Waals surface area (Å²) in [5.74, 6) is 0.831. The average molecular weight is 190 g/mol. The molecule has 0 radical (unpaired) electrons. The lowest BCUT2D eigenvalue weighted by atomic mass is 10.2. The Hall–Kier alpha value is -1.91. The second-order valence-electron chi connectivity index (χ2n) is 2.91. The van der Waals surface area contributed by atoms with Crippen LogP contribution in [-0.4, -0.2) is 27.3 Å². The van der Waals surface area contributed by atoms with Crippen molar-refractivity contribution >= 4 is 0 Å². The number of hydrogen-bond donors (Lipinski definition) is 0. The van der Waals surface area contributed by atoms with Crippen LogP contribution in [0, 0.1) is 6.92 Å². The molecule has 1 heterocycles. The maximum atomic E-state index is 5.20. The van der Waals surface area contributed by atoms with Crippen molar-refractivity contribution in [3.63, 3.8) is 0 Å². The summed E-state index contributed by atoms with van der Waals surface area (Å²) < 4.78 is 6.79. The molecule has 0 fully saturated rings. The van der Waals surface area contributed by atoms with Gasteiger partial charge in [0, 0.05) is 6.07 Å². The maximum absolute atomic E-state index is 5.20. The van der Waals surface area contributed by atoms with Crippen LogP contribution in [0.2, 0.25) is 0 Å². The molecule has 0 N–H and O–H groups in total. The first-order chi connectivity index (χ1) is 6.81. The summed E-state index contributed by atoms with van der Waals surface area (Å²) in [6.45, 7) is 1.99. The van der Waals surface area contributed by atoms with Crippen LogP contribution in [0.25, 0.3) is 5.69 Å². The number of aryl methyl sites for hydroxylation is 1. The van der Waals surface area contributed by atoms with Crippen molar-refractivity contribution in [2.45, 2.75) is 6.92 Å². The Balaban J connectivity index is 2.46. The first kappa shape index (κ1) is 8.68. The molecule has 0 bridgehead atoms. The summed E-state index contributed by atoms with van der Waals surface area (Å²) >= 11 is 0. The summed E-state index contributed by atoms with van der Waals surface area (Å²) in [5, 5.41) is 10.9. The normalized spacial score (nSPS) is 10.1. The lowest BCUT2D eigenvalue weighted by molar-refractivity contribution is 0.411. The van der Waals surface area contributed by atoms with Crippen LogP contribution < -0.4 is 4.74 Å². The topological polar surface area (TPSA) is 52.8 Å². The van der Waals surface area contributed by atoms with Crippen molar-refractivity contribution in [3.8, 4) is 11.4 Å². The quantitative estimate of drug-likeness (QED) is 0.708. The van der Waals surface area contributed by atoms with Crippen LogP contribution in [0.15, 0.2) is 24.5 Å². The summed E-state index contributed by atoms with van der Waals surface area (Å²) in [6, 6.07) is 5.80. The van der Waals surface area contributed by atoms with Gasteiger partial charge in [0.2, 0.25) is 0 Å². The number of methoxy groups -OCH3 is 1. The van der Waals surface area contributed by atoms with E-state index in [-0.39, 0.29) is 0 Å². The third-order valence-electron chi connectivity index (χ3n) is 2.01. The second-order valence-corrected chi connectivity index (χ2v) is 2.91. The van der Waals surface area contributed by atoms with Crippen molar-refractivity contribution in [3.05, 3.63) is 30.1 Å². The molecule has 0 unspecified atom stereocenters. The van der Waals surface area contributed by atoms with E-state index in [2.05, 4.69) is 15.5 Å². The number of rotatable bonds is 2. The SMILES string of the molecule is COc1cc(-n2cnnn2)ccc1C. The van der Waals surface area contributed by atoms with E-state index in [0.29, 0.717) is 0 Å². The van der Waals surface area contributed by atoms with Gasteiger partial charge < -0.3 is 4.74 Å². The zero-order chi connectivity index (χ0) is 9.97. The Morgan fingerprint density at radius 3 is 2.86 bits per heavy atom. The Labute approximate surface area is 81.3 Å². The van der Waals surface area contributed by atoms with Gasteiger partial charge in [-0.2, -0.15) is 0 Å². The summed E-state index contributed by atoms with van der Waals surface area (Å²) in [6.07, 6.45) is 1.55. The Bertz CT molecular complexity index is 424. The second kappa shape index (κ2) is 3.45. The number of benzene rings is 1. The monoisotopic (exact) mass is 190 g/mol. The van der Waals surface area contributed by atoms with Crippen molar-refractivity contribution in [1.82, 2.24) is 20.2 Å². The highest BCUT2D eigenvalue weighted by molar-refractivity contribution is 5.43. The maximum Gasteiger partial charge on any atom is 0.143 e. The molecule has 0 spiro atoms. The molecule has 0 saturated heterocycles. The van der Waals surface area contributed by atoms with E-state index in [1.165, 1.54) is 0 Å². The van der Waals surface area contributed by atoms with E-state index < -0.39 is 0 Å². The molecule has 0 amide bonds. The van der Waals surface area contributed by atoms with Crippen LogP contribution in [0.3, 0.4) is 0 Å². The van der Waals surface area contributed by atoms with E-state index in [1.54, 1.807) is 18.1 Å². The molecule has 14 heavy (non-hydrogen) atoms. The number of nitrogens with zero attached hydrogens (tertiary/aromatic N) is 4. The summed E-state index contributed by atoms with van der Waals surface area (Å²) in [5.41, 5.74) is 1.97. The van der Waals surface area contributed by atoms with Gasteiger partial charge in [0.25, 0.3) is 0 Å². The Kier molecular flexibility index (Phi) is 2.14. The van der Waals surface area contributed by atoms with Gasteiger partial charge in [-0.1, -0.05) is 6.07 Å². The lowest BCUT2D eigenvalue weighted by Gasteiger charge is -2.06. The summed E-state index contributed by atoms with van der Waals surface area (Å²) in [4.78, 5) is 0. The van der Waals surface area contributed by atoms with Gasteiger partial charge in [0.1, 0.15) is 12.1 Å². The van der Waals surface area contributed by atoms with Gasteiger partial charge in [-0.25, -0.2) is 4.68 Å². The van der Waals surface area contributed by atoms with Gasteiger partial charge in [0.05, 0.1) is 12.8 Å². The molecule has 0 aliphatic heterocycles. The molecule has 5 nitrogen and oxygen atoms in total. The van der Waals surface area contributed by atoms with Gasteiger partial charge in [-0.3, -0.25) is 0 Å². The minimum atomic E-state index is 0.831. The van der Waals surface area contributed by atoms with Gasteiger partial charge in [-0.05, 0) is 29.0 Å². The van der Waals surface area contributed by atoms with Crippen LogP contribution in [-0.2, 0) is 0 Å². The average Bonchev–Trinajstić information content (AvgIpc) is 2.71. The first-order valence-corrected chi connectivity index (χ1v) is 4.19. The van der Waals surface area contributed by atoms with Crippen molar-refractivity contribution in [2.75, 3.05) is 7.11 Å². The number of hydrogen-bond acceptors (Lipinski definition) is 4. The van der Waals surface area contributed by atoms with E-state index in [0.717, 1.165) is 17.0 Å². The molecular formula is C9H10N4O. The molecule has 2 aromatic rings. The standard InChI is InChI=1S/C9H10N4O/c1-7-3-4-8(5-9(7)14-2)13-6-10-11-12-13/h3-6H,1-2H3. The molecule has 5 heteroatoms.